The smallest absolute Gasteiger partial charge is 0.0192 e. The summed E-state index contributed by atoms with van der Waals surface area (Å²) in [6.45, 7) is 9.57. The van der Waals surface area contributed by atoms with Gasteiger partial charge in [-0.2, -0.15) is 11.8 Å². The van der Waals surface area contributed by atoms with Crippen LogP contribution in [0, 0.1) is 0 Å². The summed E-state index contributed by atoms with van der Waals surface area (Å²) in [7, 11) is 0. The van der Waals surface area contributed by atoms with Crippen molar-refractivity contribution in [3.05, 3.63) is 0 Å². The molecule has 1 atom stereocenters. The average molecular weight is 244 g/mol. The van der Waals surface area contributed by atoms with Crippen LogP contribution in [-0.4, -0.2) is 48.6 Å². The number of rotatable bonds is 8. The van der Waals surface area contributed by atoms with Crippen molar-refractivity contribution in [1.29, 1.82) is 0 Å². The van der Waals surface area contributed by atoms with Crippen LogP contribution in [0.1, 0.15) is 39.5 Å². The molecule has 0 bridgehead atoms. The maximum atomic E-state index is 3.59. The third kappa shape index (κ3) is 6.12. The number of nitrogens with zero attached hydrogens (tertiary/aromatic N) is 1. The van der Waals surface area contributed by atoms with Crippen molar-refractivity contribution in [2.45, 2.75) is 45.6 Å². The van der Waals surface area contributed by atoms with Crippen molar-refractivity contribution >= 4 is 11.8 Å². The number of likely N-dealkylation sites (tertiary alicyclic amines) is 1. The van der Waals surface area contributed by atoms with Crippen LogP contribution in [0.2, 0.25) is 0 Å². The van der Waals surface area contributed by atoms with Gasteiger partial charge in [0.05, 0.1) is 0 Å². The summed E-state index contributed by atoms with van der Waals surface area (Å²) < 4.78 is 0. The zero-order chi connectivity index (χ0) is 11.6. The van der Waals surface area contributed by atoms with Crippen molar-refractivity contribution < 1.29 is 0 Å². The van der Waals surface area contributed by atoms with E-state index in [1.807, 2.05) is 11.8 Å². The summed E-state index contributed by atoms with van der Waals surface area (Å²) in [5, 5.41) is 3.59. The Balaban J connectivity index is 1.94. The van der Waals surface area contributed by atoms with Crippen molar-refractivity contribution in [2.75, 3.05) is 37.7 Å². The van der Waals surface area contributed by atoms with E-state index in [0.29, 0.717) is 0 Å². The lowest BCUT2D eigenvalue weighted by Crippen LogP contribution is -2.43. The Kier molecular flexibility index (Phi) is 8.34. The molecule has 0 saturated carbocycles. The summed E-state index contributed by atoms with van der Waals surface area (Å²) in [5.41, 5.74) is 0. The molecule has 0 aromatic heterocycles. The van der Waals surface area contributed by atoms with Gasteiger partial charge in [0.15, 0.2) is 0 Å². The van der Waals surface area contributed by atoms with Crippen molar-refractivity contribution in [3.63, 3.8) is 0 Å². The van der Waals surface area contributed by atoms with Crippen molar-refractivity contribution in [3.8, 4) is 0 Å². The van der Waals surface area contributed by atoms with Gasteiger partial charge in [0.25, 0.3) is 0 Å². The first-order valence-electron chi connectivity index (χ1n) is 6.87. The van der Waals surface area contributed by atoms with E-state index in [0.717, 1.165) is 12.6 Å². The lowest BCUT2D eigenvalue weighted by Gasteiger charge is -2.32. The molecule has 16 heavy (non-hydrogen) atoms. The summed E-state index contributed by atoms with van der Waals surface area (Å²) in [5.74, 6) is 2.56. The highest BCUT2D eigenvalue weighted by Gasteiger charge is 2.15. The van der Waals surface area contributed by atoms with Crippen molar-refractivity contribution in [2.24, 2.45) is 0 Å². The van der Waals surface area contributed by atoms with Crippen LogP contribution >= 0.6 is 11.8 Å². The fourth-order valence-electron chi connectivity index (χ4n) is 2.24. The van der Waals surface area contributed by atoms with Crippen LogP contribution in [0.5, 0.6) is 0 Å². The Hall–Kier alpha value is 0.270. The molecule has 1 fully saturated rings. The molecule has 1 aliphatic rings. The van der Waals surface area contributed by atoms with Crippen molar-refractivity contribution in [1.82, 2.24) is 10.2 Å². The van der Waals surface area contributed by atoms with E-state index in [1.165, 1.54) is 56.8 Å². The van der Waals surface area contributed by atoms with Gasteiger partial charge in [0, 0.05) is 12.6 Å². The summed E-state index contributed by atoms with van der Waals surface area (Å²) in [6.07, 6.45) is 5.55. The maximum Gasteiger partial charge on any atom is 0.0192 e. The van der Waals surface area contributed by atoms with Crippen LogP contribution in [0.15, 0.2) is 0 Å². The number of piperidine rings is 1. The summed E-state index contributed by atoms with van der Waals surface area (Å²) >= 11 is 2.04. The third-order valence-electron chi connectivity index (χ3n) is 3.30. The number of nitrogens with one attached hydrogen (secondary N) is 1. The SMILES string of the molecule is CCSCCCNCC(C)N1CCCCC1. The van der Waals surface area contributed by atoms with Gasteiger partial charge in [-0.05, 0) is 57.3 Å². The van der Waals surface area contributed by atoms with Gasteiger partial charge >= 0.3 is 0 Å². The lowest BCUT2D eigenvalue weighted by molar-refractivity contribution is 0.171. The van der Waals surface area contributed by atoms with E-state index < -0.39 is 0 Å². The molecule has 1 aliphatic heterocycles. The second-order valence-electron chi connectivity index (χ2n) is 4.70. The van der Waals surface area contributed by atoms with Gasteiger partial charge in [0.1, 0.15) is 0 Å². The molecule has 0 radical (unpaired) electrons. The van der Waals surface area contributed by atoms with Gasteiger partial charge in [-0.3, -0.25) is 4.90 Å². The molecule has 1 N–H and O–H groups in total. The third-order valence-corrected chi connectivity index (χ3v) is 4.29. The van der Waals surface area contributed by atoms with Gasteiger partial charge in [-0.25, -0.2) is 0 Å². The van der Waals surface area contributed by atoms with E-state index >= 15 is 0 Å². The largest absolute Gasteiger partial charge is 0.315 e. The highest BCUT2D eigenvalue weighted by Crippen LogP contribution is 2.11. The minimum absolute atomic E-state index is 0.721. The Morgan fingerprint density at radius 1 is 1.25 bits per heavy atom. The number of hydrogen-bond acceptors (Lipinski definition) is 3. The molecule has 0 aliphatic carbocycles. The zero-order valence-electron chi connectivity index (χ0n) is 11.0. The highest BCUT2D eigenvalue weighted by molar-refractivity contribution is 7.99. The molecular formula is C13H28N2S. The Morgan fingerprint density at radius 3 is 2.69 bits per heavy atom. The monoisotopic (exact) mass is 244 g/mol. The second-order valence-corrected chi connectivity index (χ2v) is 6.09. The number of thioether (sulfide) groups is 1. The van der Waals surface area contributed by atoms with Crippen LogP contribution in [-0.2, 0) is 0 Å². The predicted octanol–water partition coefficient (Wildman–Crippen LogP) is 2.59. The minimum atomic E-state index is 0.721. The molecule has 1 heterocycles. The fraction of sp³-hybridized carbons (Fsp3) is 1.00. The fourth-order valence-corrected chi connectivity index (χ4v) is 2.88. The van der Waals surface area contributed by atoms with E-state index in [1.54, 1.807) is 0 Å². The molecule has 0 amide bonds. The van der Waals surface area contributed by atoms with E-state index in [4.69, 9.17) is 0 Å². The van der Waals surface area contributed by atoms with E-state index in [-0.39, 0.29) is 0 Å². The average Bonchev–Trinajstić information content (AvgIpc) is 2.34. The van der Waals surface area contributed by atoms with Crippen LogP contribution < -0.4 is 5.32 Å². The van der Waals surface area contributed by atoms with Gasteiger partial charge in [-0.1, -0.05) is 13.3 Å². The Labute approximate surface area is 106 Å². The molecular weight excluding hydrogens is 216 g/mol. The predicted molar refractivity (Wildman–Crippen MR) is 75.4 cm³/mol. The summed E-state index contributed by atoms with van der Waals surface area (Å²) in [4.78, 5) is 2.64. The molecule has 1 unspecified atom stereocenters. The minimum Gasteiger partial charge on any atom is -0.315 e. The van der Waals surface area contributed by atoms with Crippen LogP contribution in [0.25, 0.3) is 0 Å². The number of hydrogen-bond donors (Lipinski definition) is 1. The van der Waals surface area contributed by atoms with Gasteiger partial charge in [-0.15, -0.1) is 0 Å². The van der Waals surface area contributed by atoms with Gasteiger partial charge < -0.3 is 5.32 Å². The molecule has 0 aromatic carbocycles. The highest BCUT2D eigenvalue weighted by atomic mass is 32.2. The van der Waals surface area contributed by atoms with E-state index in [2.05, 4.69) is 24.1 Å². The van der Waals surface area contributed by atoms with E-state index in [9.17, 15) is 0 Å². The summed E-state index contributed by atoms with van der Waals surface area (Å²) in [6, 6.07) is 0.721. The topological polar surface area (TPSA) is 15.3 Å². The second kappa shape index (κ2) is 9.32. The standard InChI is InChI=1S/C13H28N2S/c1-3-16-11-7-8-14-12-13(2)15-9-5-4-6-10-15/h13-14H,3-12H2,1-2H3. The van der Waals surface area contributed by atoms with Crippen LogP contribution in [0.3, 0.4) is 0 Å². The Morgan fingerprint density at radius 2 is 2.00 bits per heavy atom. The quantitative estimate of drug-likeness (QED) is 0.661. The first-order chi connectivity index (χ1) is 7.84. The lowest BCUT2D eigenvalue weighted by atomic mass is 10.1. The molecule has 2 nitrogen and oxygen atoms in total. The van der Waals surface area contributed by atoms with Crippen LogP contribution in [0.4, 0.5) is 0 Å². The Bertz CT molecular complexity index is 158. The molecule has 0 aromatic rings. The molecule has 1 saturated heterocycles. The van der Waals surface area contributed by atoms with Gasteiger partial charge in [0.2, 0.25) is 0 Å². The normalized spacial score (nSPS) is 19.9. The molecule has 0 spiro atoms. The first kappa shape index (κ1) is 14.3. The molecule has 1 rings (SSSR count). The molecule has 3 heteroatoms. The maximum absolute atomic E-state index is 3.59. The molecule has 96 valence electrons. The zero-order valence-corrected chi connectivity index (χ0v) is 11.8. The first-order valence-corrected chi connectivity index (χ1v) is 8.02.